The van der Waals surface area contributed by atoms with Gasteiger partial charge in [0.1, 0.15) is 17.4 Å². The van der Waals surface area contributed by atoms with Crippen LogP contribution in [0, 0.1) is 12.7 Å². The minimum Gasteiger partial charge on any atom is -0.484 e. The number of hydrogen-bond donors (Lipinski definition) is 0. The highest BCUT2D eigenvalue weighted by Crippen LogP contribution is 2.41. The fraction of sp³-hybridized carbons (Fsp3) is 0.474. The number of aryl methyl sites for hydroxylation is 1. The Morgan fingerprint density at radius 1 is 1.28 bits per heavy atom. The lowest BCUT2D eigenvalue weighted by Gasteiger charge is -2.20. The van der Waals surface area contributed by atoms with Crippen LogP contribution in [0.15, 0.2) is 30.5 Å². The molecule has 25 heavy (non-hydrogen) atoms. The first kappa shape index (κ1) is 16.1. The molecule has 2 aromatic rings. The van der Waals surface area contributed by atoms with E-state index in [1.807, 2.05) is 11.1 Å². The molecule has 0 N–H and O–H groups in total. The van der Waals surface area contributed by atoms with E-state index in [1.165, 1.54) is 48.6 Å². The van der Waals surface area contributed by atoms with E-state index in [9.17, 15) is 9.18 Å². The number of rotatable bonds is 5. The fourth-order valence-electron chi connectivity index (χ4n) is 3.53. The first-order chi connectivity index (χ1) is 12.1. The highest BCUT2D eigenvalue weighted by molar-refractivity contribution is 5.78. The van der Waals surface area contributed by atoms with E-state index < -0.39 is 0 Å². The minimum atomic E-state index is -0.316. The Morgan fingerprint density at radius 2 is 2.04 bits per heavy atom. The zero-order valence-electron chi connectivity index (χ0n) is 14.3. The van der Waals surface area contributed by atoms with Gasteiger partial charge in [-0.05, 0) is 50.5 Å². The fourth-order valence-corrected chi connectivity index (χ4v) is 3.53. The number of nitrogens with zero attached hydrogens (tertiary/aromatic N) is 3. The average Bonchev–Trinajstić information content (AvgIpc) is 3.21. The number of ether oxygens (including phenoxy) is 1. The van der Waals surface area contributed by atoms with Gasteiger partial charge in [-0.3, -0.25) is 4.79 Å². The van der Waals surface area contributed by atoms with Crippen molar-refractivity contribution in [2.45, 2.75) is 38.1 Å². The van der Waals surface area contributed by atoms with Gasteiger partial charge >= 0.3 is 0 Å². The molecular formula is C19H22FN3O2. The molecule has 4 rings (SSSR count). The van der Waals surface area contributed by atoms with Crippen LogP contribution in [0.3, 0.4) is 0 Å². The summed E-state index contributed by atoms with van der Waals surface area (Å²) < 4.78 is 20.7. The summed E-state index contributed by atoms with van der Waals surface area (Å²) in [6.07, 6.45) is 5.32. The molecule has 1 atom stereocenters. The quantitative estimate of drug-likeness (QED) is 0.838. The Balaban J connectivity index is 1.36. The smallest absolute Gasteiger partial charge is 0.260 e. The summed E-state index contributed by atoms with van der Waals surface area (Å²) in [5, 5.41) is 0. The average molecular weight is 343 g/mol. The molecule has 1 aliphatic carbocycles. The van der Waals surface area contributed by atoms with Crippen LogP contribution in [-0.2, 0) is 4.79 Å². The normalized spacial score (nSPS) is 20.1. The van der Waals surface area contributed by atoms with E-state index in [0.29, 0.717) is 24.3 Å². The summed E-state index contributed by atoms with van der Waals surface area (Å²) in [6, 6.07) is 6.02. The highest BCUT2D eigenvalue weighted by Gasteiger charge is 2.34. The predicted octanol–water partition coefficient (Wildman–Crippen LogP) is 3.06. The lowest BCUT2D eigenvalue weighted by atomic mass is 10.2. The van der Waals surface area contributed by atoms with E-state index in [1.54, 1.807) is 0 Å². The van der Waals surface area contributed by atoms with Crippen molar-refractivity contribution in [2.24, 2.45) is 0 Å². The summed E-state index contributed by atoms with van der Waals surface area (Å²) in [5.74, 6) is 1.94. The third-order valence-electron chi connectivity index (χ3n) is 5.01. The Morgan fingerprint density at radius 3 is 2.76 bits per heavy atom. The van der Waals surface area contributed by atoms with Crippen molar-refractivity contribution >= 4 is 5.91 Å². The van der Waals surface area contributed by atoms with Gasteiger partial charge in [-0.15, -0.1) is 0 Å². The molecule has 1 aliphatic heterocycles. The minimum absolute atomic E-state index is 0.0171. The summed E-state index contributed by atoms with van der Waals surface area (Å²) in [7, 11) is 0. The van der Waals surface area contributed by atoms with Crippen LogP contribution in [-0.4, -0.2) is 40.1 Å². The van der Waals surface area contributed by atoms with Gasteiger partial charge in [0.2, 0.25) is 0 Å². The number of amides is 1. The van der Waals surface area contributed by atoms with Crippen LogP contribution in [0.1, 0.15) is 42.7 Å². The first-order valence-corrected chi connectivity index (χ1v) is 8.81. The van der Waals surface area contributed by atoms with Gasteiger partial charge in [-0.2, -0.15) is 0 Å². The van der Waals surface area contributed by atoms with Gasteiger partial charge in [-0.1, -0.05) is 0 Å². The monoisotopic (exact) mass is 343 g/mol. The van der Waals surface area contributed by atoms with Gasteiger partial charge in [-0.25, -0.2) is 9.37 Å². The molecular weight excluding hydrogens is 321 g/mol. The lowest BCUT2D eigenvalue weighted by Crippen LogP contribution is -2.33. The molecule has 2 heterocycles. The topological polar surface area (TPSA) is 47.4 Å². The van der Waals surface area contributed by atoms with Gasteiger partial charge < -0.3 is 14.2 Å². The molecule has 2 fully saturated rings. The SMILES string of the molecule is Cc1cnc(C2CC2)n1C1CCN(C(=O)COc2ccc(F)cc2)C1. The summed E-state index contributed by atoms with van der Waals surface area (Å²) in [6.45, 7) is 3.50. The number of carbonyl (C=O) groups is 1. The van der Waals surface area contributed by atoms with E-state index in [2.05, 4.69) is 16.5 Å². The molecule has 2 aliphatic rings. The second kappa shape index (κ2) is 6.50. The van der Waals surface area contributed by atoms with Gasteiger partial charge in [0.15, 0.2) is 6.61 Å². The van der Waals surface area contributed by atoms with Crippen molar-refractivity contribution < 1.29 is 13.9 Å². The molecule has 1 saturated heterocycles. The second-order valence-electron chi connectivity index (χ2n) is 6.93. The molecule has 0 radical (unpaired) electrons. The molecule has 1 amide bonds. The second-order valence-corrected chi connectivity index (χ2v) is 6.93. The maximum atomic E-state index is 12.9. The van der Waals surface area contributed by atoms with Gasteiger partial charge in [0.05, 0.1) is 6.04 Å². The molecule has 1 unspecified atom stereocenters. The summed E-state index contributed by atoms with van der Waals surface area (Å²) in [4.78, 5) is 18.8. The summed E-state index contributed by atoms with van der Waals surface area (Å²) >= 11 is 0. The Kier molecular flexibility index (Phi) is 4.19. The predicted molar refractivity (Wildman–Crippen MR) is 91.1 cm³/mol. The van der Waals surface area contributed by atoms with E-state index >= 15 is 0 Å². The zero-order valence-corrected chi connectivity index (χ0v) is 14.3. The molecule has 6 heteroatoms. The molecule has 5 nitrogen and oxygen atoms in total. The maximum Gasteiger partial charge on any atom is 0.260 e. The molecule has 0 spiro atoms. The maximum absolute atomic E-state index is 12.9. The Labute approximate surface area is 146 Å². The van der Waals surface area contributed by atoms with Gasteiger partial charge in [0, 0.05) is 30.9 Å². The number of imidazole rings is 1. The molecule has 1 aromatic carbocycles. The summed E-state index contributed by atoms with van der Waals surface area (Å²) in [5.41, 5.74) is 1.17. The zero-order chi connectivity index (χ0) is 17.4. The molecule has 1 saturated carbocycles. The third kappa shape index (κ3) is 3.38. The Bertz CT molecular complexity index is 767. The van der Waals surface area contributed by atoms with Crippen LogP contribution >= 0.6 is 0 Å². The number of likely N-dealkylation sites (tertiary alicyclic amines) is 1. The van der Waals surface area contributed by atoms with Crippen molar-refractivity contribution in [3.05, 3.63) is 47.8 Å². The first-order valence-electron chi connectivity index (χ1n) is 8.81. The van der Waals surface area contributed by atoms with E-state index in [4.69, 9.17) is 4.74 Å². The van der Waals surface area contributed by atoms with Crippen LogP contribution in [0.25, 0.3) is 0 Å². The van der Waals surface area contributed by atoms with Crippen molar-refractivity contribution in [1.29, 1.82) is 0 Å². The Hall–Kier alpha value is -2.37. The van der Waals surface area contributed by atoms with Crippen molar-refractivity contribution in [3.63, 3.8) is 0 Å². The van der Waals surface area contributed by atoms with Crippen molar-refractivity contribution in [2.75, 3.05) is 19.7 Å². The molecule has 1 aromatic heterocycles. The standard InChI is InChI=1S/C19H22FN3O2/c1-13-10-21-19(14-2-3-14)23(13)16-8-9-22(11-16)18(24)12-25-17-6-4-15(20)5-7-17/h4-7,10,14,16H,2-3,8-9,11-12H2,1H3. The number of aromatic nitrogens is 2. The highest BCUT2D eigenvalue weighted by atomic mass is 19.1. The molecule has 0 bridgehead atoms. The van der Waals surface area contributed by atoms with Crippen LogP contribution in [0.4, 0.5) is 4.39 Å². The number of halogens is 1. The lowest BCUT2D eigenvalue weighted by molar-refractivity contribution is -0.132. The van der Waals surface area contributed by atoms with Crippen molar-refractivity contribution in [3.8, 4) is 5.75 Å². The number of benzene rings is 1. The largest absolute Gasteiger partial charge is 0.484 e. The van der Waals surface area contributed by atoms with Crippen LogP contribution in [0.2, 0.25) is 0 Å². The van der Waals surface area contributed by atoms with E-state index in [0.717, 1.165) is 13.0 Å². The molecule has 132 valence electrons. The number of hydrogen-bond acceptors (Lipinski definition) is 3. The van der Waals surface area contributed by atoms with E-state index in [-0.39, 0.29) is 18.3 Å². The van der Waals surface area contributed by atoms with Crippen LogP contribution in [0.5, 0.6) is 5.75 Å². The number of carbonyl (C=O) groups excluding carboxylic acids is 1. The van der Waals surface area contributed by atoms with Gasteiger partial charge in [0.25, 0.3) is 5.91 Å². The van der Waals surface area contributed by atoms with Crippen LogP contribution < -0.4 is 4.74 Å². The van der Waals surface area contributed by atoms with Crippen molar-refractivity contribution in [1.82, 2.24) is 14.5 Å². The third-order valence-corrected chi connectivity index (χ3v) is 5.01.